The van der Waals surface area contributed by atoms with E-state index in [0.717, 1.165) is 17.6 Å². The van der Waals surface area contributed by atoms with Crippen molar-refractivity contribution in [2.75, 3.05) is 6.61 Å². The summed E-state index contributed by atoms with van der Waals surface area (Å²) in [4.78, 5) is 12.8. The van der Waals surface area contributed by atoms with Gasteiger partial charge in [0, 0.05) is 5.57 Å². The second-order valence-electron chi connectivity index (χ2n) is 12.4. The van der Waals surface area contributed by atoms with Gasteiger partial charge in [-0.1, -0.05) is 51.1 Å². The van der Waals surface area contributed by atoms with Gasteiger partial charge in [-0.15, -0.1) is 5.73 Å². The smallest absolute Gasteiger partial charge is 0.306 e. The Hall–Kier alpha value is -1.99. The van der Waals surface area contributed by atoms with Crippen LogP contribution < -0.4 is 0 Å². The quantitative estimate of drug-likeness (QED) is 0.338. The van der Waals surface area contributed by atoms with Crippen LogP contribution in [0.25, 0.3) is 5.57 Å². The lowest BCUT2D eigenvalue weighted by Crippen LogP contribution is -2.56. The molecule has 0 unspecified atom stereocenters. The Morgan fingerprint density at radius 2 is 1.54 bits per heavy atom. The van der Waals surface area contributed by atoms with Gasteiger partial charge in [-0.25, -0.2) is 0 Å². The summed E-state index contributed by atoms with van der Waals surface area (Å²) in [6.45, 7) is 16.2. The molecule has 1 aromatic carbocycles. The standard InChI is InChI=1S/C30H42O7/c1-19(17-28(2,3)4)16-21(20-12-10-9-11-13-20)14-15-23(31)32-18-22-24-25(35-29(5,6)34-24)26-27(33-22)37-30(7,8)36-26/h9-13,22,24-27H,14-15,17-18H2,1-8H3/t16?,22-,24+,25+,26-,27-/m1/s1. The van der Waals surface area contributed by atoms with Crippen molar-refractivity contribution in [3.63, 3.8) is 0 Å². The van der Waals surface area contributed by atoms with Crippen LogP contribution in [0.5, 0.6) is 0 Å². The Morgan fingerprint density at radius 1 is 0.919 bits per heavy atom. The van der Waals surface area contributed by atoms with Gasteiger partial charge in [0.15, 0.2) is 17.9 Å². The van der Waals surface area contributed by atoms with Gasteiger partial charge in [-0.3, -0.25) is 4.79 Å². The molecule has 3 aliphatic heterocycles. The molecule has 7 heteroatoms. The van der Waals surface area contributed by atoms with E-state index in [2.05, 4.69) is 45.6 Å². The van der Waals surface area contributed by atoms with E-state index in [1.165, 1.54) is 5.57 Å². The molecule has 3 heterocycles. The minimum atomic E-state index is -0.793. The van der Waals surface area contributed by atoms with Gasteiger partial charge in [-0.05, 0) is 64.0 Å². The SMILES string of the molecule is CC(=C=C(CCC(=O)OC[C@H]1O[C@@H]2OC(C)(C)O[C@@H]2[C@H]2OC(C)(C)O[C@H]21)c1ccccc1)CC(C)(C)C. The molecule has 0 saturated carbocycles. The van der Waals surface area contributed by atoms with E-state index in [-0.39, 0.29) is 30.5 Å². The molecule has 0 N–H and O–H groups in total. The second kappa shape index (κ2) is 10.6. The summed E-state index contributed by atoms with van der Waals surface area (Å²) in [5.41, 5.74) is 6.95. The summed E-state index contributed by atoms with van der Waals surface area (Å²) in [5, 5.41) is 0. The van der Waals surface area contributed by atoms with Gasteiger partial charge in [0.25, 0.3) is 0 Å². The van der Waals surface area contributed by atoms with E-state index in [1.54, 1.807) is 0 Å². The zero-order valence-electron chi connectivity index (χ0n) is 23.5. The molecule has 0 bridgehead atoms. The van der Waals surface area contributed by atoms with Crippen LogP contribution in [0.1, 0.15) is 80.2 Å². The topological polar surface area (TPSA) is 72.5 Å². The zero-order valence-corrected chi connectivity index (χ0v) is 23.5. The van der Waals surface area contributed by atoms with Crippen molar-refractivity contribution in [2.24, 2.45) is 5.41 Å². The first-order valence-corrected chi connectivity index (χ1v) is 13.2. The minimum Gasteiger partial charge on any atom is -0.463 e. The number of benzene rings is 1. The van der Waals surface area contributed by atoms with Crippen LogP contribution in [0.4, 0.5) is 0 Å². The van der Waals surface area contributed by atoms with Crippen molar-refractivity contribution < 1.29 is 33.2 Å². The Morgan fingerprint density at radius 3 is 2.22 bits per heavy atom. The van der Waals surface area contributed by atoms with Crippen LogP contribution in [0, 0.1) is 5.41 Å². The molecular formula is C30H42O7. The number of ether oxygens (including phenoxy) is 6. The van der Waals surface area contributed by atoms with E-state index in [1.807, 2.05) is 45.9 Å². The van der Waals surface area contributed by atoms with E-state index >= 15 is 0 Å². The van der Waals surface area contributed by atoms with Crippen LogP contribution in [0.15, 0.2) is 41.6 Å². The average Bonchev–Trinajstić information content (AvgIpc) is 3.28. The van der Waals surface area contributed by atoms with Crippen molar-refractivity contribution in [1.29, 1.82) is 0 Å². The summed E-state index contributed by atoms with van der Waals surface area (Å²) < 4.78 is 36.1. The predicted molar refractivity (Wildman–Crippen MR) is 139 cm³/mol. The molecule has 7 nitrogen and oxygen atoms in total. The molecule has 3 aliphatic rings. The predicted octanol–water partition coefficient (Wildman–Crippen LogP) is 5.77. The Labute approximate surface area is 221 Å². The fraction of sp³-hybridized carbons (Fsp3) is 0.667. The van der Waals surface area contributed by atoms with Crippen LogP contribution in [-0.2, 0) is 33.2 Å². The summed E-state index contributed by atoms with van der Waals surface area (Å²) in [5.74, 6) is -1.88. The molecule has 0 aliphatic carbocycles. The average molecular weight is 515 g/mol. The maximum atomic E-state index is 12.8. The second-order valence-corrected chi connectivity index (χ2v) is 12.4. The van der Waals surface area contributed by atoms with E-state index in [4.69, 9.17) is 28.4 Å². The molecule has 5 atom stereocenters. The Balaban J connectivity index is 1.40. The summed E-state index contributed by atoms with van der Waals surface area (Å²) in [7, 11) is 0. The molecule has 3 saturated heterocycles. The number of rotatable bonds is 7. The molecule has 0 radical (unpaired) electrons. The lowest BCUT2D eigenvalue weighted by Gasteiger charge is -2.36. The third-order valence-corrected chi connectivity index (χ3v) is 6.52. The molecule has 204 valence electrons. The number of hydrogen-bond acceptors (Lipinski definition) is 7. The monoisotopic (exact) mass is 514 g/mol. The van der Waals surface area contributed by atoms with Gasteiger partial charge >= 0.3 is 5.97 Å². The lowest BCUT2D eigenvalue weighted by molar-refractivity contribution is -0.242. The number of carbonyl (C=O) groups excluding carboxylic acids is 1. The van der Waals surface area contributed by atoms with Gasteiger partial charge in [-0.2, -0.15) is 0 Å². The number of hydrogen-bond donors (Lipinski definition) is 0. The number of carbonyl (C=O) groups is 1. The van der Waals surface area contributed by atoms with Crippen molar-refractivity contribution in [2.45, 2.75) is 117 Å². The van der Waals surface area contributed by atoms with Gasteiger partial charge in [0.1, 0.15) is 31.0 Å². The van der Waals surface area contributed by atoms with Gasteiger partial charge in [0.2, 0.25) is 0 Å². The highest BCUT2D eigenvalue weighted by molar-refractivity contribution is 5.74. The fourth-order valence-corrected chi connectivity index (χ4v) is 5.32. The molecule has 37 heavy (non-hydrogen) atoms. The summed E-state index contributed by atoms with van der Waals surface area (Å²) >= 11 is 0. The van der Waals surface area contributed by atoms with Crippen LogP contribution in [-0.4, -0.2) is 54.9 Å². The molecule has 0 spiro atoms. The molecule has 3 fully saturated rings. The normalized spacial score (nSPS) is 29.7. The molecule has 0 amide bonds. The zero-order chi connectivity index (χ0) is 27.0. The first kappa shape index (κ1) is 28.0. The molecule has 4 rings (SSSR count). The van der Waals surface area contributed by atoms with Crippen molar-refractivity contribution >= 4 is 11.5 Å². The summed E-state index contributed by atoms with van der Waals surface area (Å²) in [6, 6.07) is 10.1. The van der Waals surface area contributed by atoms with Crippen LogP contribution in [0.2, 0.25) is 0 Å². The third-order valence-electron chi connectivity index (χ3n) is 6.52. The van der Waals surface area contributed by atoms with Crippen LogP contribution >= 0.6 is 0 Å². The largest absolute Gasteiger partial charge is 0.463 e. The number of esters is 1. The summed E-state index contributed by atoms with van der Waals surface area (Å²) in [6.07, 6.45) is -0.637. The first-order chi connectivity index (χ1) is 17.2. The Kier molecular flexibility index (Phi) is 8.06. The van der Waals surface area contributed by atoms with E-state index in [9.17, 15) is 4.79 Å². The van der Waals surface area contributed by atoms with Crippen molar-refractivity contribution in [3.05, 3.63) is 47.2 Å². The minimum absolute atomic E-state index is 0.0513. The van der Waals surface area contributed by atoms with Crippen molar-refractivity contribution in [1.82, 2.24) is 0 Å². The van der Waals surface area contributed by atoms with Gasteiger partial charge in [0.05, 0.1) is 6.42 Å². The fourth-order valence-electron chi connectivity index (χ4n) is 5.32. The van der Waals surface area contributed by atoms with E-state index < -0.39 is 36.2 Å². The highest BCUT2D eigenvalue weighted by Gasteiger charge is 2.60. The lowest BCUT2D eigenvalue weighted by atomic mass is 9.88. The number of allylic oxidation sites excluding steroid dienone is 1. The maximum Gasteiger partial charge on any atom is 0.306 e. The highest BCUT2D eigenvalue weighted by Crippen LogP contribution is 2.44. The highest BCUT2D eigenvalue weighted by atomic mass is 16.9. The van der Waals surface area contributed by atoms with E-state index in [0.29, 0.717) is 6.42 Å². The molecule has 1 aromatic rings. The Bertz CT molecular complexity index is 1030. The van der Waals surface area contributed by atoms with Gasteiger partial charge < -0.3 is 28.4 Å². The number of fused-ring (bicyclic) bond motifs is 3. The van der Waals surface area contributed by atoms with Crippen LogP contribution in [0.3, 0.4) is 0 Å². The molecule has 0 aromatic heterocycles. The maximum absolute atomic E-state index is 12.8. The first-order valence-electron chi connectivity index (χ1n) is 13.2. The van der Waals surface area contributed by atoms with Crippen molar-refractivity contribution in [3.8, 4) is 0 Å². The molecular weight excluding hydrogens is 472 g/mol. The third kappa shape index (κ3) is 7.32.